The maximum atomic E-state index is 9.49. The van der Waals surface area contributed by atoms with Gasteiger partial charge in [-0.25, -0.2) is 33.6 Å². The molecule has 0 bridgehead atoms. The van der Waals surface area contributed by atoms with Crippen LogP contribution in [0.15, 0.2) is 84.9 Å². The fourth-order valence-corrected chi connectivity index (χ4v) is 4.78. The Labute approximate surface area is 343 Å². The van der Waals surface area contributed by atoms with Crippen LogP contribution in [-0.4, -0.2) is 95.8 Å². The number of para-hydroxylation sites is 6. The molecule has 18 nitrogen and oxygen atoms in total. The molecule has 0 saturated carbocycles. The maximum Gasteiger partial charge on any atom is 2.00 e. The van der Waals surface area contributed by atoms with Gasteiger partial charge in [-0.2, -0.15) is 0 Å². The molecule has 2 amide bonds. The Morgan fingerprint density at radius 3 is 1.04 bits per heavy atom. The van der Waals surface area contributed by atoms with Crippen LogP contribution in [0, 0.1) is 10.2 Å². The van der Waals surface area contributed by atoms with Gasteiger partial charge < -0.3 is 38.9 Å². The van der Waals surface area contributed by atoms with E-state index in [1.165, 1.54) is 16.7 Å². The summed E-state index contributed by atoms with van der Waals surface area (Å²) in [6, 6.07) is 24.9. The van der Waals surface area contributed by atoms with E-state index in [9.17, 15) is 19.5 Å². The van der Waals surface area contributed by atoms with Gasteiger partial charge in [-0.1, -0.05) is 43.0 Å². The summed E-state index contributed by atoms with van der Waals surface area (Å²) in [6.45, 7) is 6.55. The molecule has 0 unspecified atom stereocenters. The van der Waals surface area contributed by atoms with Gasteiger partial charge in [0.15, 0.2) is 0 Å². The van der Waals surface area contributed by atoms with Crippen molar-refractivity contribution in [1.29, 1.82) is 0 Å². The van der Waals surface area contributed by atoms with Crippen LogP contribution in [0.2, 0.25) is 0 Å². The van der Waals surface area contributed by atoms with Crippen molar-refractivity contribution >= 4 is 51.9 Å². The second-order valence-corrected chi connectivity index (χ2v) is 13.2. The van der Waals surface area contributed by atoms with E-state index in [0.29, 0.717) is 19.6 Å². The molecule has 3 heterocycles. The standard InChI is InChI=1S/C27H27N7.C4H6O2.2C3H7NO.ClHO4.Cu.H2O/c1-31-22-13-7-4-10-19(22)28-25(31)16-34(17-26-29-20-11-5-8-14-23(20)32(26)2)18-27-30-21-12-6-9-15-24(21)33(27)3;1-3(2)4(5)6;2*1-4(2)3-5;2-1(3,4)5;;/h4-15H,16-18H2,1-3H3;1H2,2H3,(H,5,6);2*3H,1-2H3;(H,2,3,4,5);;1H2/q;;;;;+2;/p-2. The molecule has 0 saturated heterocycles. The summed E-state index contributed by atoms with van der Waals surface area (Å²) < 4.78 is 40.5. The Balaban J connectivity index is 0.00000113. The molecule has 20 heteroatoms. The number of nitrogens with zero attached hydrogens (tertiary/aromatic N) is 9. The fraction of sp³-hybridized carbons (Fsp3) is 0.297. The van der Waals surface area contributed by atoms with Gasteiger partial charge in [0.25, 0.3) is 0 Å². The number of amides is 2. The first-order valence-corrected chi connectivity index (χ1v) is 17.7. The van der Waals surface area contributed by atoms with E-state index in [0.717, 1.165) is 63.4 Å². The Kier molecular flexibility index (Phi) is 22.2. The molecule has 2 N–H and O–H groups in total. The zero-order valence-electron chi connectivity index (χ0n) is 32.9. The number of aromatic nitrogens is 6. The second kappa shape index (κ2) is 24.4. The number of rotatable bonds is 9. The van der Waals surface area contributed by atoms with Crippen molar-refractivity contribution in [3.8, 4) is 0 Å². The van der Waals surface area contributed by atoms with Crippen LogP contribution in [0.4, 0.5) is 0 Å². The summed E-state index contributed by atoms with van der Waals surface area (Å²) in [6.07, 6.45) is 1.50. The van der Waals surface area contributed by atoms with E-state index in [2.05, 4.69) is 101 Å². The number of fused-ring (bicyclic) bond motifs is 3. The van der Waals surface area contributed by atoms with Crippen molar-refractivity contribution < 1.29 is 70.9 Å². The molecule has 0 spiro atoms. The molecule has 0 atom stereocenters. The van der Waals surface area contributed by atoms with Gasteiger partial charge in [0.2, 0.25) is 12.8 Å². The van der Waals surface area contributed by atoms with Gasteiger partial charge in [0.05, 0.1) is 58.7 Å². The molecule has 6 rings (SSSR count). The summed E-state index contributed by atoms with van der Waals surface area (Å²) in [5.41, 5.74) is 6.55. The number of aliphatic carboxylic acids is 1. The van der Waals surface area contributed by atoms with Gasteiger partial charge in [-0.15, -0.1) is 10.2 Å². The van der Waals surface area contributed by atoms with Crippen LogP contribution >= 0.6 is 0 Å². The van der Waals surface area contributed by atoms with Crippen LogP contribution in [0.25, 0.3) is 33.1 Å². The van der Waals surface area contributed by atoms with E-state index >= 15 is 0 Å². The average molecular weight is 862 g/mol. The van der Waals surface area contributed by atoms with Crippen molar-refractivity contribution in [3.63, 3.8) is 0 Å². The van der Waals surface area contributed by atoms with E-state index in [1.54, 1.807) is 28.2 Å². The summed E-state index contributed by atoms with van der Waals surface area (Å²) >= 11 is 0. The molecule has 6 aromatic rings. The molecular formula is C37H48ClCuN9O9. The van der Waals surface area contributed by atoms with E-state index in [4.69, 9.17) is 33.6 Å². The van der Waals surface area contributed by atoms with Gasteiger partial charge >= 0.3 is 17.1 Å². The van der Waals surface area contributed by atoms with Gasteiger partial charge in [0.1, 0.15) is 17.5 Å². The fourth-order valence-electron chi connectivity index (χ4n) is 4.78. The maximum absolute atomic E-state index is 9.49. The Morgan fingerprint density at radius 2 is 0.860 bits per heavy atom. The number of hydrogen-bond donors (Lipinski definition) is 0. The minimum absolute atomic E-state index is 0. The minimum Gasteiger partial charge on any atom is -0.545 e. The largest absolute Gasteiger partial charge is 2.00 e. The van der Waals surface area contributed by atoms with E-state index in [1.807, 2.05) is 18.2 Å². The quantitative estimate of drug-likeness (QED) is 0.0844. The monoisotopic (exact) mass is 860 g/mol. The van der Waals surface area contributed by atoms with Crippen molar-refractivity contribution in [3.05, 3.63) is 102 Å². The third kappa shape index (κ3) is 17.2. The van der Waals surface area contributed by atoms with Crippen molar-refractivity contribution in [1.82, 2.24) is 43.4 Å². The molecular weight excluding hydrogens is 813 g/mol. The van der Waals surface area contributed by atoms with E-state index < -0.39 is 16.2 Å². The first kappa shape index (κ1) is 51.8. The normalized spacial score (nSPS) is 10.2. The van der Waals surface area contributed by atoms with Crippen LogP contribution in [0.5, 0.6) is 0 Å². The number of halogens is 1. The first-order chi connectivity index (χ1) is 25.8. The van der Waals surface area contributed by atoms with Crippen molar-refractivity contribution in [2.75, 3.05) is 28.2 Å². The van der Waals surface area contributed by atoms with Gasteiger partial charge in [-0.05, 0) is 48.9 Å². The first-order valence-electron chi connectivity index (χ1n) is 16.4. The molecule has 3 aromatic carbocycles. The molecule has 1 radical (unpaired) electrons. The molecule has 0 aliphatic heterocycles. The van der Waals surface area contributed by atoms with Crippen molar-refractivity contribution in [2.45, 2.75) is 26.6 Å². The Hall–Kier alpha value is -5.21. The number of carbonyl (C=O) groups excluding carboxylic acids is 3. The average Bonchev–Trinajstić information content (AvgIpc) is 3.74. The van der Waals surface area contributed by atoms with E-state index in [-0.39, 0.29) is 28.1 Å². The smallest absolute Gasteiger partial charge is 0.545 e. The number of imidazole rings is 3. The molecule has 0 aliphatic carbocycles. The molecule has 57 heavy (non-hydrogen) atoms. The summed E-state index contributed by atoms with van der Waals surface area (Å²) in [5.74, 6) is 1.89. The topological polar surface area (TPSA) is 261 Å². The second-order valence-electron chi connectivity index (χ2n) is 12.5. The predicted molar refractivity (Wildman–Crippen MR) is 198 cm³/mol. The van der Waals surface area contributed by atoms with Gasteiger partial charge in [0, 0.05) is 49.3 Å². The molecule has 3 aromatic heterocycles. The van der Waals surface area contributed by atoms with Crippen LogP contribution < -0.4 is 23.7 Å². The molecule has 0 fully saturated rings. The van der Waals surface area contributed by atoms with Crippen molar-refractivity contribution in [2.24, 2.45) is 21.1 Å². The predicted octanol–water partition coefficient (Wildman–Crippen LogP) is -2.31. The molecule has 313 valence electrons. The SMILES string of the molecule is C=C(C)C(=O)[O-].CN(C)C=O.CN(C)C=O.Cn1c(CN(Cc2nc3ccccc3n2C)Cc2nc3ccccc3n2C)nc2ccccc21.O.[Cu+2].[O-][Cl+3]([O-])([O-])[O-]. The Bertz CT molecular complexity index is 1960. The summed E-state index contributed by atoms with van der Waals surface area (Å²) in [5, 5.41) is 9.49. The zero-order valence-corrected chi connectivity index (χ0v) is 34.6. The number of carbonyl (C=O) groups is 3. The number of carboxylic acids is 1. The van der Waals surface area contributed by atoms with Crippen LogP contribution in [0.3, 0.4) is 0 Å². The molecule has 0 aliphatic rings. The Morgan fingerprint density at radius 1 is 0.649 bits per heavy atom. The number of benzene rings is 3. The third-order valence-corrected chi connectivity index (χ3v) is 7.50. The number of aryl methyl sites for hydroxylation is 3. The summed E-state index contributed by atoms with van der Waals surface area (Å²) in [7, 11) is 8.08. The minimum atomic E-state index is -4.94. The zero-order chi connectivity index (χ0) is 41.5. The number of carboxylic acid groups (broad SMARTS) is 1. The van der Waals surface area contributed by atoms with Gasteiger partial charge in [-0.3, -0.25) is 14.5 Å². The number of hydrogen-bond acceptors (Lipinski definition) is 12. The van der Waals surface area contributed by atoms with Crippen LogP contribution in [-0.2, 0) is 72.2 Å². The van der Waals surface area contributed by atoms with Crippen LogP contribution in [0.1, 0.15) is 24.4 Å². The summed E-state index contributed by atoms with van der Waals surface area (Å²) in [4.78, 5) is 48.4. The third-order valence-electron chi connectivity index (χ3n) is 7.50.